The molecule has 0 spiro atoms. The molecule has 0 atom stereocenters. The van der Waals surface area contributed by atoms with Gasteiger partial charge in [0.05, 0.1) is 20.1 Å². The summed E-state index contributed by atoms with van der Waals surface area (Å²) in [5.41, 5.74) is 1.17. The fourth-order valence-corrected chi connectivity index (χ4v) is 2.95. The summed E-state index contributed by atoms with van der Waals surface area (Å²) in [7, 11) is 1.55. The molecule has 0 fully saturated rings. The number of hydrogen-bond donors (Lipinski definition) is 1. The highest BCUT2D eigenvalue weighted by Crippen LogP contribution is 2.25. The van der Waals surface area contributed by atoms with Crippen LogP contribution < -0.4 is 10.1 Å². The number of ether oxygens (including phenoxy) is 1. The molecule has 2 amide bonds. The molecular formula is C19H20Cl2N2O3. The van der Waals surface area contributed by atoms with Gasteiger partial charge in [-0.05, 0) is 36.8 Å². The van der Waals surface area contributed by atoms with E-state index in [1.54, 1.807) is 49.6 Å². The van der Waals surface area contributed by atoms with E-state index in [0.29, 0.717) is 33.6 Å². The standard InChI is InChI=1S/C19H20Cl2N2O3/c1-3-23(19(25)11-15-16(20)8-5-9-17(15)21)12-18(24)22-13-6-4-7-14(10-13)26-2/h4-10H,3,11-12H2,1-2H3,(H,22,24). The number of methoxy groups -OCH3 is 1. The number of rotatable bonds is 7. The topological polar surface area (TPSA) is 58.6 Å². The zero-order valence-electron chi connectivity index (χ0n) is 14.6. The molecule has 0 bridgehead atoms. The first-order chi connectivity index (χ1) is 12.4. The first-order valence-corrected chi connectivity index (χ1v) is 8.84. The number of nitrogens with one attached hydrogen (secondary N) is 1. The van der Waals surface area contributed by atoms with Gasteiger partial charge < -0.3 is 15.0 Å². The van der Waals surface area contributed by atoms with Crippen molar-refractivity contribution in [2.24, 2.45) is 0 Å². The zero-order valence-corrected chi connectivity index (χ0v) is 16.1. The average molecular weight is 395 g/mol. The predicted octanol–water partition coefficient (Wildman–Crippen LogP) is 4.03. The molecule has 0 unspecified atom stereocenters. The maximum absolute atomic E-state index is 12.5. The Morgan fingerprint density at radius 2 is 1.77 bits per heavy atom. The number of amides is 2. The molecule has 0 radical (unpaired) electrons. The Hall–Kier alpha value is -2.24. The molecule has 0 aliphatic heterocycles. The Balaban J connectivity index is 2.01. The molecule has 0 saturated carbocycles. The van der Waals surface area contributed by atoms with Crippen LogP contribution in [0.5, 0.6) is 5.75 Å². The van der Waals surface area contributed by atoms with E-state index in [0.717, 1.165) is 0 Å². The van der Waals surface area contributed by atoms with Crippen LogP contribution in [0, 0.1) is 0 Å². The molecule has 0 heterocycles. The van der Waals surface area contributed by atoms with Gasteiger partial charge in [0.2, 0.25) is 11.8 Å². The van der Waals surface area contributed by atoms with Gasteiger partial charge in [-0.25, -0.2) is 0 Å². The SMILES string of the molecule is CCN(CC(=O)Nc1cccc(OC)c1)C(=O)Cc1c(Cl)cccc1Cl. The van der Waals surface area contributed by atoms with Crippen molar-refractivity contribution >= 4 is 40.7 Å². The highest BCUT2D eigenvalue weighted by atomic mass is 35.5. The minimum Gasteiger partial charge on any atom is -0.497 e. The van der Waals surface area contributed by atoms with Gasteiger partial charge in [-0.3, -0.25) is 9.59 Å². The molecule has 26 heavy (non-hydrogen) atoms. The summed E-state index contributed by atoms with van der Waals surface area (Å²) in [4.78, 5) is 26.3. The number of halogens is 2. The lowest BCUT2D eigenvalue weighted by molar-refractivity contribution is -0.133. The maximum atomic E-state index is 12.5. The lowest BCUT2D eigenvalue weighted by Crippen LogP contribution is -2.38. The minimum atomic E-state index is -0.293. The molecule has 138 valence electrons. The van der Waals surface area contributed by atoms with Gasteiger partial charge in [0, 0.05) is 28.3 Å². The summed E-state index contributed by atoms with van der Waals surface area (Å²) in [6, 6.07) is 12.1. The van der Waals surface area contributed by atoms with E-state index in [1.165, 1.54) is 4.90 Å². The van der Waals surface area contributed by atoms with Gasteiger partial charge in [0.15, 0.2) is 0 Å². The van der Waals surface area contributed by atoms with Crippen molar-refractivity contribution in [3.8, 4) is 5.75 Å². The highest BCUT2D eigenvalue weighted by molar-refractivity contribution is 6.36. The van der Waals surface area contributed by atoms with Crippen molar-refractivity contribution in [3.05, 3.63) is 58.1 Å². The number of anilines is 1. The van der Waals surface area contributed by atoms with Crippen LogP contribution in [0.1, 0.15) is 12.5 Å². The molecule has 2 rings (SSSR count). The van der Waals surface area contributed by atoms with E-state index < -0.39 is 0 Å². The number of carbonyl (C=O) groups is 2. The summed E-state index contributed by atoms with van der Waals surface area (Å²) in [5, 5.41) is 3.62. The van der Waals surface area contributed by atoms with Crippen LogP contribution in [-0.2, 0) is 16.0 Å². The molecule has 0 aliphatic rings. The van der Waals surface area contributed by atoms with E-state index in [9.17, 15) is 9.59 Å². The largest absolute Gasteiger partial charge is 0.497 e. The van der Waals surface area contributed by atoms with Crippen molar-refractivity contribution in [2.45, 2.75) is 13.3 Å². The van der Waals surface area contributed by atoms with Crippen molar-refractivity contribution in [1.82, 2.24) is 4.90 Å². The summed E-state index contributed by atoms with van der Waals surface area (Å²) in [5.74, 6) is 0.126. The zero-order chi connectivity index (χ0) is 19.1. The average Bonchev–Trinajstić information content (AvgIpc) is 2.62. The lowest BCUT2D eigenvalue weighted by atomic mass is 10.1. The monoisotopic (exact) mass is 394 g/mol. The van der Waals surface area contributed by atoms with E-state index >= 15 is 0 Å². The predicted molar refractivity (Wildman–Crippen MR) is 104 cm³/mol. The van der Waals surface area contributed by atoms with Gasteiger partial charge in [-0.1, -0.05) is 35.3 Å². The fourth-order valence-electron chi connectivity index (χ4n) is 2.42. The van der Waals surface area contributed by atoms with Crippen LogP contribution in [0.2, 0.25) is 10.0 Å². The Bertz CT molecular complexity index is 776. The van der Waals surface area contributed by atoms with Gasteiger partial charge in [-0.15, -0.1) is 0 Å². The van der Waals surface area contributed by atoms with E-state index in [-0.39, 0.29) is 24.8 Å². The maximum Gasteiger partial charge on any atom is 0.243 e. The fraction of sp³-hybridized carbons (Fsp3) is 0.263. The summed E-state index contributed by atoms with van der Waals surface area (Å²) >= 11 is 12.2. The van der Waals surface area contributed by atoms with Crippen molar-refractivity contribution in [1.29, 1.82) is 0 Å². The second-order valence-corrected chi connectivity index (χ2v) is 6.38. The third-order valence-electron chi connectivity index (χ3n) is 3.81. The van der Waals surface area contributed by atoms with Crippen molar-refractivity contribution in [2.75, 3.05) is 25.5 Å². The number of hydrogen-bond acceptors (Lipinski definition) is 3. The molecule has 2 aromatic carbocycles. The Morgan fingerprint density at radius 3 is 2.38 bits per heavy atom. The Kier molecular flexibility index (Phi) is 7.30. The summed E-state index contributed by atoms with van der Waals surface area (Å²) in [6.07, 6.45) is 0.0405. The molecular weight excluding hydrogens is 375 g/mol. The van der Waals surface area contributed by atoms with Crippen LogP contribution in [0.3, 0.4) is 0 Å². The number of carbonyl (C=O) groups excluding carboxylic acids is 2. The molecule has 5 nitrogen and oxygen atoms in total. The molecule has 2 aromatic rings. The molecule has 1 N–H and O–H groups in total. The third-order valence-corrected chi connectivity index (χ3v) is 4.52. The second-order valence-electron chi connectivity index (χ2n) is 5.57. The quantitative estimate of drug-likeness (QED) is 0.770. The summed E-state index contributed by atoms with van der Waals surface area (Å²) < 4.78 is 5.12. The van der Waals surface area contributed by atoms with Crippen molar-refractivity contribution < 1.29 is 14.3 Å². The van der Waals surface area contributed by atoms with Crippen LogP contribution in [0.15, 0.2) is 42.5 Å². The van der Waals surface area contributed by atoms with Crippen molar-refractivity contribution in [3.63, 3.8) is 0 Å². The lowest BCUT2D eigenvalue weighted by Gasteiger charge is -2.21. The smallest absolute Gasteiger partial charge is 0.243 e. The van der Waals surface area contributed by atoms with Gasteiger partial charge >= 0.3 is 0 Å². The summed E-state index contributed by atoms with van der Waals surface area (Å²) in [6.45, 7) is 2.14. The van der Waals surface area contributed by atoms with Gasteiger partial charge in [-0.2, -0.15) is 0 Å². The van der Waals surface area contributed by atoms with Crippen LogP contribution in [-0.4, -0.2) is 36.9 Å². The highest BCUT2D eigenvalue weighted by Gasteiger charge is 2.18. The van der Waals surface area contributed by atoms with Crippen LogP contribution in [0.4, 0.5) is 5.69 Å². The molecule has 0 aliphatic carbocycles. The third kappa shape index (κ3) is 5.38. The van der Waals surface area contributed by atoms with E-state index in [4.69, 9.17) is 27.9 Å². The molecule has 0 aromatic heterocycles. The Labute approximate surface area is 162 Å². The van der Waals surface area contributed by atoms with Crippen LogP contribution in [0.25, 0.3) is 0 Å². The minimum absolute atomic E-state index is 0.0405. The first kappa shape index (κ1) is 20.1. The number of likely N-dealkylation sites (N-methyl/N-ethyl adjacent to an activating group) is 1. The number of benzene rings is 2. The normalized spacial score (nSPS) is 10.3. The van der Waals surface area contributed by atoms with Crippen LogP contribution >= 0.6 is 23.2 Å². The number of nitrogens with zero attached hydrogens (tertiary/aromatic N) is 1. The van der Waals surface area contributed by atoms with Gasteiger partial charge in [0.25, 0.3) is 0 Å². The van der Waals surface area contributed by atoms with Gasteiger partial charge in [0.1, 0.15) is 5.75 Å². The Morgan fingerprint density at radius 1 is 1.12 bits per heavy atom. The molecule has 7 heteroatoms. The first-order valence-electron chi connectivity index (χ1n) is 8.09. The van der Waals surface area contributed by atoms with E-state index in [2.05, 4.69) is 5.32 Å². The van der Waals surface area contributed by atoms with E-state index in [1.807, 2.05) is 6.92 Å². The molecule has 0 saturated heterocycles. The second kappa shape index (κ2) is 9.46.